The Kier molecular flexibility index (Phi) is 4.87. The van der Waals surface area contributed by atoms with Crippen LogP contribution in [0.5, 0.6) is 0 Å². The summed E-state index contributed by atoms with van der Waals surface area (Å²) in [5, 5.41) is 5.41. The molecule has 1 aromatic heterocycles. The van der Waals surface area contributed by atoms with Crippen molar-refractivity contribution in [2.24, 2.45) is 5.73 Å². The molecule has 0 unspecified atom stereocenters. The maximum absolute atomic E-state index is 11.7. The van der Waals surface area contributed by atoms with Crippen LogP contribution >= 0.6 is 0 Å². The van der Waals surface area contributed by atoms with E-state index in [4.69, 9.17) is 5.73 Å². The molecule has 0 aliphatic heterocycles. The summed E-state index contributed by atoms with van der Waals surface area (Å²) in [5.74, 6) is -0.489. The molecule has 0 aliphatic rings. The standard InChI is InChI=1S/C15H16N4O2/c16-14(20)12-5-3-4-11(8-12)9-18-15(21)19-10-13-6-1-2-7-17-13/h1-8H,9-10H2,(H2,16,20)(H2,18,19,21). The van der Waals surface area contributed by atoms with E-state index >= 15 is 0 Å². The first-order valence-corrected chi connectivity index (χ1v) is 6.45. The summed E-state index contributed by atoms with van der Waals surface area (Å²) in [4.78, 5) is 26.8. The Morgan fingerprint density at radius 1 is 1.05 bits per heavy atom. The lowest BCUT2D eigenvalue weighted by Gasteiger charge is -2.08. The van der Waals surface area contributed by atoms with E-state index in [0.29, 0.717) is 18.7 Å². The minimum Gasteiger partial charge on any atom is -0.366 e. The maximum Gasteiger partial charge on any atom is 0.315 e. The summed E-state index contributed by atoms with van der Waals surface area (Å²) in [6.45, 7) is 0.670. The smallest absolute Gasteiger partial charge is 0.315 e. The molecule has 0 aliphatic carbocycles. The van der Waals surface area contributed by atoms with Crippen molar-refractivity contribution in [1.29, 1.82) is 0 Å². The second-order valence-corrected chi connectivity index (χ2v) is 4.42. The van der Waals surface area contributed by atoms with E-state index in [1.54, 1.807) is 24.4 Å². The van der Waals surface area contributed by atoms with Crippen LogP contribution in [0.4, 0.5) is 4.79 Å². The number of aromatic nitrogens is 1. The van der Waals surface area contributed by atoms with Gasteiger partial charge in [0, 0.05) is 18.3 Å². The van der Waals surface area contributed by atoms with Crippen molar-refractivity contribution < 1.29 is 9.59 Å². The largest absolute Gasteiger partial charge is 0.366 e. The summed E-state index contributed by atoms with van der Waals surface area (Å²) < 4.78 is 0. The monoisotopic (exact) mass is 284 g/mol. The molecule has 0 bridgehead atoms. The Morgan fingerprint density at radius 3 is 2.57 bits per heavy atom. The van der Waals surface area contributed by atoms with Crippen LogP contribution < -0.4 is 16.4 Å². The van der Waals surface area contributed by atoms with Crippen LogP contribution in [0.25, 0.3) is 0 Å². The van der Waals surface area contributed by atoms with Crippen LogP contribution in [-0.4, -0.2) is 16.9 Å². The number of nitrogens with zero attached hydrogens (tertiary/aromatic N) is 1. The molecule has 2 rings (SSSR count). The predicted molar refractivity (Wildman–Crippen MR) is 78.3 cm³/mol. The molecule has 0 atom stereocenters. The van der Waals surface area contributed by atoms with Gasteiger partial charge in [0.05, 0.1) is 12.2 Å². The highest BCUT2D eigenvalue weighted by Crippen LogP contribution is 2.04. The lowest BCUT2D eigenvalue weighted by Crippen LogP contribution is -2.34. The topological polar surface area (TPSA) is 97.1 Å². The van der Waals surface area contributed by atoms with Crippen molar-refractivity contribution in [3.05, 3.63) is 65.5 Å². The highest BCUT2D eigenvalue weighted by atomic mass is 16.2. The third-order valence-corrected chi connectivity index (χ3v) is 2.82. The summed E-state index contributed by atoms with van der Waals surface area (Å²) in [7, 11) is 0. The van der Waals surface area contributed by atoms with E-state index < -0.39 is 5.91 Å². The van der Waals surface area contributed by atoms with Crippen molar-refractivity contribution in [2.75, 3.05) is 0 Å². The fourth-order valence-corrected chi connectivity index (χ4v) is 1.75. The molecule has 4 N–H and O–H groups in total. The molecule has 1 aromatic carbocycles. The van der Waals surface area contributed by atoms with Crippen LogP contribution in [0.15, 0.2) is 48.7 Å². The van der Waals surface area contributed by atoms with Crippen molar-refractivity contribution in [1.82, 2.24) is 15.6 Å². The highest BCUT2D eigenvalue weighted by Gasteiger charge is 2.04. The number of pyridine rings is 1. The van der Waals surface area contributed by atoms with E-state index in [1.165, 1.54) is 0 Å². The lowest BCUT2D eigenvalue weighted by atomic mass is 10.1. The molecule has 0 radical (unpaired) electrons. The van der Waals surface area contributed by atoms with Crippen molar-refractivity contribution in [3.63, 3.8) is 0 Å². The number of rotatable bonds is 5. The number of hydrogen-bond acceptors (Lipinski definition) is 3. The number of nitrogens with two attached hydrogens (primary N) is 1. The summed E-state index contributed by atoms with van der Waals surface area (Å²) >= 11 is 0. The molecular weight excluding hydrogens is 268 g/mol. The number of carbonyl (C=O) groups excluding carboxylic acids is 2. The molecule has 0 spiro atoms. The van der Waals surface area contributed by atoms with Gasteiger partial charge in [-0.2, -0.15) is 0 Å². The molecule has 6 heteroatoms. The van der Waals surface area contributed by atoms with Gasteiger partial charge in [0.25, 0.3) is 0 Å². The van der Waals surface area contributed by atoms with Gasteiger partial charge in [-0.3, -0.25) is 9.78 Å². The van der Waals surface area contributed by atoms with E-state index in [9.17, 15) is 9.59 Å². The zero-order chi connectivity index (χ0) is 15.1. The average Bonchev–Trinajstić information content (AvgIpc) is 2.52. The number of benzene rings is 1. The summed E-state index contributed by atoms with van der Waals surface area (Å²) in [5.41, 5.74) is 7.21. The van der Waals surface area contributed by atoms with Crippen LogP contribution in [-0.2, 0) is 13.1 Å². The maximum atomic E-state index is 11.7. The fourth-order valence-electron chi connectivity index (χ4n) is 1.75. The number of primary amides is 1. The third-order valence-electron chi connectivity index (χ3n) is 2.82. The number of carbonyl (C=O) groups is 2. The minimum absolute atomic E-state index is 0.301. The molecule has 3 amide bonds. The van der Waals surface area contributed by atoms with Crippen LogP contribution in [0.2, 0.25) is 0 Å². The second-order valence-electron chi connectivity index (χ2n) is 4.42. The van der Waals surface area contributed by atoms with Gasteiger partial charge in [0.15, 0.2) is 0 Å². The Balaban J connectivity index is 1.81. The van der Waals surface area contributed by atoms with Gasteiger partial charge in [0.2, 0.25) is 5.91 Å². The van der Waals surface area contributed by atoms with Gasteiger partial charge in [-0.05, 0) is 29.8 Å². The quantitative estimate of drug-likeness (QED) is 0.769. The molecule has 21 heavy (non-hydrogen) atoms. The van der Waals surface area contributed by atoms with Crippen LogP contribution in [0.3, 0.4) is 0 Å². The van der Waals surface area contributed by atoms with E-state index in [1.807, 2.05) is 24.3 Å². The fraction of sp³-hybridized carbons (Fsp3) is 0.133. The molecule has 0 saturated carbocycles. The second kappa shape index (κ2) is 7.04. The zero-order valence-electron chi connectivity index (χ0n) is 11.4. The Bertz CT molecular complexity index is 629. The van der Waals surface area contributed by atoms with Crippen LogP contribution in [0, 0.1) is 0 Å². The zero-order valence-corrected chi connectivity index (χ0v) is 11.4. The van der Waals surface area contributed by atoms with Gasteiger partial charge in [0.1, 0.15) is 0 Å². The van der Waals surface area contributed by atoms with Crippen molar-refractivity contribution in [2.45, 2.75) is 13.1 Å². The number of nitrogens with one attached hydrogen (secondary N) is 2. The third kappa shape index (κ3) is 4.61. The normalized spacial score (nSPS) is 9.90. The Hall–Kier alpha value is -2.89. The lowest BCUT2D eigenvalue weighted by molar-refractivity contribution is 0.1000. The minimum atomic E-state index is -0.489. The SMILES string of the molecule is NC(=O)c1cccc(CNC(=O)NCc2ccccn2)c1. The van der Waals surface area contributed by atoms with Gasteiger partial charge in [-0.15, -0.1) is 0 Å². The van der Waals surface area contributed by atoms with Crippen LogP contribution in [0.1, 0.15) is 21.6 Å². The van der Waals surface area contributed by atoms with E-state index in [2.05, 4.69) is 15.6 Å². The number of amides is 3. The van der Waals surface area contributed by atoms with Gasteiger partial charge < -0.3 is 16.4 Å². The first kappa shape index (κ1) is 14.5. The Labute approximate surface area is 122 Å². The Morgan fingerprint density at radius 2 is 1.86 bits per heavy atom. The van der Waals surface area contributed by atoms with Gasteiger partial charge >= 0.3 is 6.03 Å². The molecule has 1 heterocycles. The summed E-state index contributed by atoms with van der Waals surface area (Å²) in [6, 6.07) is 12.0. The van der Waals surface area contributed by atoms with E-state index in [-0.39, 0.29) is 6.03 Å². The first-order chi connectivity index (χ1) is 10.1. The molecular formula is C15H16N4O2. The molecule has 0 saturated heterocycles. The predicted octanol–water partition coefficient (Wildman–Crippen LogP) is 1.18. The highest BCUT2D eigenvalue weighted by molar-refractivity contribution is 5.92. The first-order valence-electron chi connectivity index (χ1n) is 6.45. The number of urea groups is 1. The summed E-state index contributed by atoms with van der Waals surface area (Å²) in [6.07, 6.45) is 1.67. The molecule has 6 nitrogen and oxygen atoms in total. The number of hydrogen-bond donors (Lipinski definition) is 3. The van der Waals surface area contributed by atoms with Gasteiger partial charge in [-0.25, -0.2) is 4.79 Å². The van der Waals surface area contributed by atoms with E-state index in [0.717, 1.165) is 11.3 Å². The van der Waals surface area contributed by atoms with Crippen molar-refractivity contribution in [3.8, 4) is 0 Å². The van der Waals surface area contributed by atoms with Gasteiger partial charge in [-0.1, -0.05) is 18.2 Å². The molecule has 108 valence electrons. The average molecular weight is 284 g/mol. The van der Waals surface area contributed by atoms with Crippen molar-refractivity contribution >= 4 is 11.9 Å². The molecule has 2 aromatic rings. The molecule has 0 fully saturated rings.